The van der Waals surface area contributed by atoms with Crippen LogP contribution in [0.2, 0.25) is 0 Å². The fourth-order valence-electron chi connectivity index (χ4n) is 2.77. The number of hydrogen-bond acceptors (Lipinski definition) is 3. The quantitative estimate of drug-likeness (QED) is 0.248. The lowest BCUT2D eigenvalue weighted by molar-refractivity contribution is 0.104. The van der Waals surface area contributed by atoms with Crippen molar-refractivity contribution in [1.82, 2.24) is 0 Å². The van der Waals surface area contributed by atoms with Crippen molar-refractivity contribution in [3.05, 3.63) is 114 Å². The molecule has 0 heterocycles. The molecule has 3 aromatic carbocycles. The Morgan fingerprint density at radius 2 is 1.36 bits per heavy atom. The van der Waals surface area contributed by atoms with E-state index in [0.29, 0.717) is 16.7 Å². The summed E-state index contributed by atoms with van der Waals surface area (Å²) in [4.78, 5) is 12.7. The van der Waals surface area contributed by atoms with E-state index in [1.54, 1.807) is 31.4 Å². The number of hydrogen-bond donors (Lipinski definition) is 0. The third-order valence-electron chi connectivity index (χ3n) is 4.27. The van der Waals surface area contributed by atoms with Gasteiger partial charge in [-0.25, -0.2) is 0 Å². The monoisotopic (exact) mass is 365 g/mol. The summed E-state index contributed by atoms with van der Waals surface area (Å²) in [5.41, 5.74) is 3.38. The number of ether oxygens (including phenoxy) is 1. The number of nitriles is 1. The number of ketones is 1. The fourth-order valence-corrected chi connectivity index (χ4v) is 2.77. The summed E-state index contributed by atoms with van der Waals surface area (Å²) in [6.45, 7) is 0. The highest BCUT2D eigenvalue weighted by molar-refractivity contribution is 6.10. The lowest BCUT2D eigenvalue weighted by Gasteiger charge is -2.07. The zero-order chi connectivity index (χ0) is 19.8. The molecule has 3 aromatic rings. The lowest BCUT2D eigenvalue weighted by Crippen LogP contribution is -1.96. The molecule has 0 radical (unpaired) electrons. The zero-order valence-corrected chi connectivity index (χ0v) is 15.5. The first kappa shape index (κ1) is 18.9. The molecule has 0 spiro atoms. The number of rotatable bonds is 6. The van der Waals surface area contributed by atoms with Crippen LogP contribution in [0.15, 0.2) is 97.1 Å². The van der Waals surface area contributed by atoms with Gasteiger partial charge in [-0.3, -0.25) is 4.79 Å². The third-order valence-corrected chi connectivity index (χ3v) is 4.27. The molecule has 0 N–H and O–H groups in total. The standard InChI is InChI=1S/C25H19NO2/c1-28-24-14-12-20(13-15-24)22(17-25(27)21-10-6-3-7-11-21)16-23(18-26)19-8-4-2-5-9-19/h2-17H,1H3/b22-17+,23-16+. The average molecular weight is 365 g/mol. The summed E-state index contributed by atoms with van der Waals surface area (Å²) < 4.78 is 5.22. The lowest BCUT2D eigenvalue weighted by atomic mass is 9.97. The van der Waals surface area contributed by atoms with Crippen molar-refractivity contribution < 1.29 is 9.53 Å². The van der Waals surface area contributed by atoms with Gasteiger partial charge in [-0.15, -0.1) is 0 Å². The normalized spacial score (nSPS) is 11.6. The predicted molar refractivity (Wildman–Crippen MR) is 112 cm³/mol. The molecule has 0 aromatic heterocycles. The van der Waals surface area contributed by atoms with Crippen LogP contribution in [0, 0.1) is 11.3 Å². The number of allylic oxidation sites excluding steroid dienone is 4. The van der Waals surface area contributed by atoms with Gasteiger partial charge in [0.25, 0.3) is 0 Å². The Bertz CT molecular complexity index is 1040. The zero-order valence-electron chi connectivity index (χ0n) is 15.5. The fraction of sp³-hybridized carbons (Fsp3) is 0.0400. The van der Waals surface area contributed by atoms with E-state index in [1.807, 2.05) is 72.8 Å². The van der Waals surface area contributed by atoms with E-state index in [0.717, 1.165) is 16.9 Å². The molecule has 0 atom stereocenters. The molecule has 0 amide bonds. The van der Waals surface area contributed by atoms with Gasteiger partial charge in [0.05, 0.1) is 18.8 Å². The predicted octanol–water partition coefficient (Wildman–Crippen LogP) is 5.57. The third kappa shape index (κ3) is 4.63. The number of nitrogens with zero attached hydrogens (tertiary/aromatic N) is 1. The first-order valence-electron chi connectivity index (χ1n) is 8.84. The van der Waals surface area contributed by atoms with Crippen LogP contribution < -0.4 is 4.74 Å². The Morgan fingerprint density at radius 1 is 0.786 bits per heavy atom. The number of carbonyl (C=O) groups excluding carboxylic acids is 1. The van der Waals surface area contributed by atoms with Gasteiger partial charge < -0.3 is 4.74 Å². The van der Waals surface area contributed by atoms with Gasteiger partial charge in [0.2, 0.25) is 0 Å². The molecular weight excluding hydrogens is 346 g/mol. The van der Waals surface area contributed by atoms with Crippen LogP contribution >= 0.6 is 0 Å². The Labute approximate surface area is 164 Å². The summed E-state index contributed by atoms with van der Waals surface area (Å²) in [5, 5.41) is 9.66. The summed E-state index contributed by atoms with van der Waals surface area (Å²) in [5.74, 6) is 0.609. The van der Waals surface area contributed by atoms with Gasteiger partial charge in [0.1, 0.15) is 5.75 Å². The molecule has 0 saturated carbocycles. The van der Waals surface area contributed by atoms with Crippen LogP contribution in [0.25, 0.3) is 11.1 Å². The van der Waals surface area contributed by atoms with Gasteiger partial charge in [0, 0.05) is 5.56 Å². The van der Waals surface area contributed by atoms with E-state index < -0.39 is 0 Å². The summed E-state index contributed by atoms with van der Waals surface area (Å²) in [6, 6.07) is 28.1. The van der Waals surface area contributed by atoms with Crippen molar-refractivity contribution in [2.45, 2.75) is 0 Å². The Balaban J connectivity index is 2.08. The van der Waals surface area contributed by atoms with Crippen molar-refractivity contribution in [3.63, 3.8) is 0 Å². The van der Waals surface area contributed by atoms with Crippen LogP contribution in [0.3, 0.4) is 0 Å². The molecule has 28 heavy (non-hydrogen) atoms. The van der Waals surface area contributed by atoms with Crippen LogP contribution in [0.5, 0.6) is 5.75 Å². The molecule has 0 unspecified atom stereocenters. The van der Waals surface area contributed by atoms with E-state index in [9.17, 15) is 10.1 Å². The van der Waals surface area contributed by atoms with E-state index in [2.05, 4.69) is 6.07 Å². The summed E-state index contributed by atoms with van der Waals surface area (Å²) in [7, 11) is 1.60. The van der Waals surface area contributed by atoms with E-state index in [1.165, 1.54) is 0 Å². The minimum absolute atomic E-state index is 0.118. The highest BCUT2D eigenvalue weighted by Gasteiger charge is 2.09. The largest absolute Gasteiger partial charge is 0.497 e. The van der Waals surface area contributed by atoms with Crippen LogP contribution in [-0.4, -0.2) is 12.9 Å². The second kappa shape index (κ2) is 9.16. The van der Waals surface area contributed by atoms with Gasteiger partial charge in [-0.2, -0.15) is 5.26 Å². The Kier molecular flexibility index (Phi) is 6.17. The van der Waals surface area contributed by atoms with Gasteiger partial charge >= 0.3 is 0 Å². The summed E-state index contributed by atoms with van der Waals surface area (Å²) >= 11 is 0. The first-order chi connectivity index (χ1) is 13.7. The average Bonchev–Trinajstić information content (AvgIpc) is 2.77. The van der Waals surface area contributed by atoms with Crippen molar-refractivity contribution >= 4 is 16.9 Å². The smallest absolute Gasteiger partial charge is 0.186 e. The number of benzene rings is 3. The number of carbonyl (C=O) groups is 1. The molecule has 0 fully saturated rings. The summed E-state index contributed by atoms with van der Waals surface area (Å²) in [6.07, 6.45) is 3.31. The molecular formula is C25H19NO2. The van der Waals surface area contributed by atoms with Gasteiger partial charge in [0.15, 0.2) is 5.78 Å². The highest BCUT2D eigenvalue weighted by Crippen LogP contribution is 2.25. The molecule has 3 rings (SSSR count). The van der Waals surface area contributed by atoms with Crippen LogP contribution in [0.1, 0.15) is 21.5 Å². The maximum Gasteiger partial charge on any atom is 0.186 e. The molecule has 0 aliphatic heterocycles. The van der Waals surface area contributed by atoms with Crippen LogP contribution in [-0.2, 0) is 0 Å². The maximum atomic E-state index is 12.7. The van der Waals surface area contributed by atoms with Gasteiger partial charge in [-0.05, 0) is 41.0 Å². The molecule has 3 nitrogen and oxygen atoms in total. The Hall–Kier alpha value is -3.90. The van der Waals surface area contributed by atoms with Crippen LogP contribution in [0.4, 0.5) is 0 Å². The van der Waals surface area contributed by atoms with E-state index in [-0.39, 0.29) is 5.78 Å². The SMILES string of the molecule is COc1ccc(C(/C=C(\C#N)c2ccccc2)=C/C(=O)c2ccccc2)cc1. The molecule has 0 aliphatic carbocycles. The number of methoxy groups -OCH3 is 1. The van der Waals surface area contributed by atoms with Crippen molar-refractivity contribution in [1.29, 1.82) is 5.26 Å². The topological polar surface area (TPSA) is 50.1 Å². The maximum absolute atomic E-state index is 12.7. The highest BCUT2D eigenvalue weighted by atomic mass is 16.5. The first-order valence-corrected chi connectivity index (χ1v) is 8.84. The second-order valence-corrected chi connectivity index (χ2v) is 6.09. The minimum atomic E-state index is -0.118. The van der Waals surface area contributed by atoms with Crippen molar-refractivity contribution in [2.75, 3.05) is 7.11 Å². The van der Waals surface area contributed by atoms with Crippen molar-refractivity contribution in [3.8, 4) is 11.8 Å². The minimum Gasteiger partial charge on any atom is -0.497 e. The molecule has 0 bridgehead atoms. The van der Waals surface area contributed by atoms with Gasteiger partial charge in [-0.1, -0.05) is 72.8 Å². The molecule has 0 saturated heterocycles. The molecule has 3 heteroatoms. The van der Waals surface area contributed by atoms with E-state index >= 15 is 0 Å². The second-order valence-electron chi connectivity index (χ2n) is 6.09. The van der Waals surface area contributed by atoms with E-state index in [4.69, 9.17) is 4.74 Å². The molecule has 0 aliphatic rings. The Morgan fingerprint density at radius 3 is 1.89 bits per heavy atom. The van der Waals surface area contributed by atoms with Crippen molar-refractivity contribution in [2.24, 2.45) is 0 Å². The molecule has 136 valence electrons.